The Labute approximate surface area is 162 Å². The second-order valence-corrected chi connectivity index (χ2v) is 7.80. The van der Waals surface area contributed by atoms with Gasteiger partial charge in [0.05, 0.1) is 12.8 Å². The molecule has 0 amide bonds. The first-order chi connectivity index (χ1) is 12.0. The molecule has 1 aliphatic rings. The molecule has 1 atom stereocenters. The molecule has 1 aliphatic heterocycles. The number of thiocarbonyl (C=S) groups is 1. The fourth-order valence-electron chi connectivity index (χ4n) is 2.40. The largest absolute Gasteiger partial charge is 0.497 e. The van der Waals surface area contributed by atoms with Crippen molar-refractivity contribution in [3.63, 3.8) is 0 Å². The van der Waals surface area contributed by atoms with Crippen molar-refractivity contribution in [1.29, 1.82) is 0 Å². The molecule has 25 heavy (non-hydrogen) atoms. The van der Waals surface area contributed by atoms with Crippen molar-refractivity contribution in [2.24, 2.45) is 4.99 Å². The Hall–Kier alpha value is -1.76. The number of amidine groups is 1. The molecule has 0 bridgehead atoms. The summed E-state index contributed by atoms with van der Waals surface area (Å²) in [5, 5.41) is 5.82. The number of ether oxygens (including phenoxy) is 1. The summed E-state index contributed by atoms with van der Waals surface area (Å²) in [7, 11) is 1.65. The van der Waals surface area contributed by atoms with Crippen LogP contribution in [0.3, 0.4) is 0 Å². The van der Waals surface area contributed by atoms with Gasteiger partial charge < -0.3 is 10.1 Å². The lowest BCUT2D eigenvalue weighted by molar-refractivity contribution is 0.415. The van der Waals surface area contributed by atoms with Crippen LogP contribution < -0.4 is 10.1 Å². The van der Waals surface area contributed by atoms with Gasteiger partial charge in [0.25, 0.3) is 0 Å². The van der Waals surface area contributed by atoms with Crippen molar-refractivity contribution in [2.45, 2.75) is 12.2 Å². The highest BCUT2D eigenvalue weighted by atomic mass is 35.5. The molecule has 1 fully saturated rings. The summed E-state index contributed by atoms with van der Waals surface area (Å²) in [5.41, 5.74) is 1.74. The summed E-state index contributed by atoms with van der Waals surface area (Å²) in [6.45, 7) is 2.97. The molecule has 4 nitrogen and oxygen atoms in total. The van der Waals surface area contributed by atoms with Crippen LogP contribution >= 0.6 is 35.6 Å². The Balaban J connectivity index is 1.78. The van der Waals surface area contributed by atoms with E-state index in [1.165, 1.54) is 0 Å². The average molecular weight is 392 g/mol. The summed E-state index contributed by atoms with van der Waals surface area (Å²) >= 11 is 13.3. The molecule has 130 valence electrons. The third-order valence-electron chi connectivity index (χ3n) is 3.60. The predicted octanol–water partition coefficient (Wildman–Crippen LogP) is 5.17. The minimum atomic E-state index is 0.413. The number of nitrogens with zero attached hydrogens (tertiary/aromatic N) is 2. The van der Waals surface area contributed by atoms with E-state index in [0.29, 0.717) is 15.4 Å². The molecule has 0 aliphatic carbocycles. The SMILES string of the molecule is COc1ccc(/N=C2/SC(C)CN2C(=S)Nc2cccc(Cl)c2)cc1. The van der Waals surface area contributed by atoms with Gasteiger partial charge in [0.15, 0.2) is 10.3 Å². The van der Waals surface area contributed by atoms with E-state index in [1.807, 2.05) is 53.4 Å². The highest BCUT2D eigenvalue weighted by Gasteiger charge is 2.28. The molecule has 1 N–H and O–H groups in total. The number of halogens is 1. The van der Waals surface area contributed by atoms with Gasteiger partial charge in [-0.1, -0.05) is 36.4 Å². The highest BCUT2D eigenvalue weighted by Crippen LogP contribution is 2.29. The van der Waals surface area contributed by atoms with Gasteiger partial charge >= 0.3 is 0 Å². The molecule has 0 radical (unpaired) electrons. The third-order valence-corrected chi connectivity index (χ3v) is 5.23. The summed E-state index contributed by atoms with van der Waals surface area (Å²) in [6, 6.07) is 15.2. The molecule has 3 rings (SSSR count). The molecule has 1 unspecified atom stereocenters. The molecule has 0 saturated carbocycles. The molecular weight excluding hydrogens is 374 g/mol. The number of thioether (sulfide) groups is 1. The molecule has 2 aromatic carbocycles. The predicted molar refractivity (Wildman–Crippen MR) is 112 cm³/mol. The quantitative estimate of drug-likeness (QED) is 0.730. The van der Waals surface area contributed by atoms with Crippen molar-refractivity contribution in [3.05, 3.63) is 53.6 Å². The van der Waals surface area contributed by atoms with E-state index in [1.54, 1.807) is 18.9 Å². The van der Waals surface area contributed by atoms with Gasteiger partial charge in [-0.15, -0.1) is 0 Å². The topological polar surface area (TPSA) is 36.9 Å². The first-order valence-corrected chi connectivity index (χ1v) is 9.45. The van der Waals surface area contributed by atoms with Gasteiger partial charge in [0.1, 0.15) is 5.75 Å². The third kappa shape index (κ3) is 4.66. The van der Waals surface area contributed by atoms with E-state index in [-0.39, 0.29) is 0 Å². The zero-order valence-electron chi connectivity index (χ0n) is 13.9. The standard InChI is InChI=1S/C18H18ClN3OS2/c1-12-11-22(17(24)20-15-5-3-4-13(19)10-15)18(25-12)21-14-6-8-16(23-2)9-7-14/h3-10,12H,11H2,1-2H3,(H,20,24)/b21-18+. The Bertz CT molecular complexity index is 795. The van der Waals surface area contributed by atoms with Crippen LogP contribution in [0.2, 0.25) is 5.02 Å². The Kier molecular flexibility index (Phi) is 5.83. The van der Waals surface area contributed by atoms with Crippen LogP contribution in [0.1, 0.15) is 6.92 Å². The highest BCUT2D eigenvalue weighted by molar-refractivity contribution is 8.14. The zero-order valence-corrected chi connectivity index (χ0v) is 16.3. The first-order valence-electron chi connectivity index (χ1n) is 7.78. The van der Waals surface area contributed by atoms with Crippen LogP contribution in [-0.2, 0) is 0 Å². The number of anilines is 1. The van der Waals surface area contributed by atoms with E-state index in [0.717, 1.165) is 28.8 Å². The molecular formula is C18H18ClN3OS2. The first kappa shape index (κ1) is 18.0. The second kappa shape index (κ2) is 8.08. The summed E-state index contributed by atoms with van der Waals surface area (Å²) in [5.74, 6) is 0.811. The molecule has 1 saturated heterocycles. The monoisotopic (exact) mass is 391 g/mol. The number of rotatable bonds is 3. The average Bonchev–Trinajstić information content (AvgIpc) is 2.96. The summed E-state index contributed by atoms with van der Waals surface area (Å²) in [6.07, 6.45) is 0. The van der Waals surface area contributed by atoms with Crippen molar-refractivity contribution in [2.75, 3.05) is 19.0 Å². The molecule has 7 heteroatoms. The second-order valence-electron chi connectivity index (χ2n) is 5.57. The van der Waals surface area contributed by atoms with Crippen LogP contribution in [0.4, 0.5) is 11.4 Å². The number of nitrogens with one attached hydrogen (secondary N) is 1. The Morgan fingerprint density at radius 3 is 2.76 bits per heavy atom. The van der Waals surface area contributed by atoms with Gasteiger partial charge in [0, 0.05) is 22.5 Å². The smallest absolute Gasteiger partial charge is 0.179 e. The fraction of sp³-hybridized carbons (Fsp3) is 0.222. The Morgan fingerprint density at radius 2 is 2.08 bits per heavy atom. The lowest BCUT2D eigenvalue weighted by Gasteiger charge is -2.20. The van der Waals surface area contributed by atoms with E-state index in [2.05, 4.69) is 12.2 Å². The van der Waals surface area contributed by atoms with Crippen LogP contribution in [0, 0.1) is 0 Å². The number of methoxy groups -OCH3 is 1. The minimum absolute atomic E-state index is 0.413. The van der Waals surface area contributed by atoms with Crippen LogP contribution in [0.5, 0.6) is 5.75 Å². The van der Waals surface area contributed by atoms with Crippen molar-refractivity contribution in [1.82, 2.24) is 4.90 Å². The fourth-order valence-corrected chi connectivity index (χ4v) is 3.96. The molecule has 1 heterocycles. The van der Waals surface area contributed by atoms with Crippen molar-refractivity contribution in [3.8, 4) is 5.75 Å². The normalized spacial score (nSPS) is 18.4. The van der Waals surface area contributed by atoms with E-state index >= 15 is 0 Å². The maximum absolute atomic E-state index is 6.04. The minimum Gasteiger partial charge on any atom is -0.497 e. The molecule has 0 aromatic heterocycles. The Morgan fingerprint density at radius 1 is 1.32 bits per heavy atom. The summed E-state index contributed by atoms with van der Waals surface area (Å²) < 4.78 is 5.19. The maximum Gasteiger partial charge on any atom is 0.179 e. The van der Waals surface area contributed by atoms with E-state index in [4.69, 9.17) is 33.5 Å². The van der Waals surface area contributed by atoms with Gasteiger partial charge in [-0.2, -0.15) is 0 Å². The number of benzene rings is 2. The van der Waals surface area contributed by atoms with Gasteiger partial charge in [-0.25, -0.2) is 4.99 Å². The lowest BCUT2D eigenvalue weighted by Crippen LogP contribution is -2.36. The molecule has 0 spiro atoms. The van der Waals surface area contributed by atoms with E-state index < -0.39 is 0 Å². The van der Waals surface area contributed by atoms with Crippen LogP contribution in [0.15, 0.2) is 53.5 Å². The van der Waals surface area contributed by atoms with Crippen LogP contribution in [-0.4, -0.2) is 34.1 Å². The van der Waals surface area contributed by atoms with Gasteiger partial charge in [-0.3, -0.25) is 4.90 Å². The van der Waals surface area contributed by atoms with E-state index in [9.17, 15) is 0 Å². The van der Waals surface area contributed by atoms with Gasteiger partial charge in [-0.05, 0) is 54.7 Å². The summed E-state index contributed by atoms with van der Waals surface area (Å²) in [4.78, 5) is 6.77. The maximum atomic E-state index is 6.04. The van der Waals surface area contributed by atoms with Crippen molar-refractivity contribution < 1.29 is 4.74 Å². The number of hydrogen-bond acceptors (Lipinski definition) is 4. The number of hydrogen-bond donors (Lipinski definition) is 1. The zero-order chi connectivity index (χ0) is 17.8. The number of aliphatic imine (C=N–C) groups is 1. The van der Waals surface area contributed by atoms with Gasteiger partial charge in [0.2, 0.25) is 0 Å². The van der Waals surface area contributed by atoms with Crippen LogP contribution in [0.25, 0.3) is 0 Å². The molecule has 2 aromatic rings. The lowest BCUT2D eigenvalue weighted by atomic mass is 10.3. The van der Waals surface area contributed by atoms with Crippen molar-refractivity contribution >= 4 is 57.2 Å².